The molecule has 0 amide bonds. The van der Waals surface area contributed by atoms with Gasteiger partial charge >= 0.3 is 6.18 Å². The fourth-order valence-corrected chi connectivity index (χ4v) is 2.46. The van der Waals surface area contributed by atoms with Crippen LogP contribution in [0.25, 0.3) is 16.7 Å². The summed E-state index contributed by atoms with van der Waals surface area (Å²) in [4.78, 5) is 3.62. The molecule has 0 unspecified atom stereocenters. The summed E-state index contributed by atoms with van der Waals surface area (Å²) in [6.07, 6.45) is -3.00. The fraction of sp³-hybridized carbons (Fsp3) is 0.0769. The van der Waals surface area contributed by atoms with Crippen molar-refractivity contribution < 1.29 is 13.2 Å². The lowest BCUT2D eigenvalue weighted by atomic mass is 10.2. The Morgan fingerprint density at radius 3 is 2.67 bits per heavy atom. The lowest BCUT2D eigenvalue weighted by molar-refractivity contribution is -0.141. The van der Waals surface area contributed by atoms with Crippen molar-refractivity contribution >= 4 is 32.5 Å². The molecule has 0 saturated heterocycles. The number of aromatic nitrogens is 3. The Morgan fingerprint density at radius 2 is 1.95 bits per heavy atom. The zero-order valence-electron chi connectivity index (χ0n) is 10.4. The van der Waals surface area contributed by atoms with Gasteiger partial charge in [-0.3, -0.25) is 0 Å². The van der Waals surface area contributed by atoms with Gasteiger partial charge in [0.25, 0.3) is 0 Å². The molecule has 3 rings (SSSR count). The Labute approximate surface area is 125 Å². The Morgan fingerprint density at radius 1 is 1.19 bits per heavy atom. The van der Waals surface area contributed by atoms with Gasteiger partial charge in [-0.2, -0.15) is 18.3 Å². The third-order valence-corrected chi connectivity index (χ3v) is 3.39. The van der Waals surface area contributed by atoms with Gasteiger partial charge in [-0.05, 0) is 24.3 Å². The minimum atomic E-state index is -4.50. The highest BCUT2D eigenvalue weighted by atomic mass is 79.9. The molecule has 4 nitrogen and oxygen atoms in total. The summed E-state index contributed by atoms with van der Waals surface area (Å²) in [6, 6.07) is 7.09. The molecule has 1 aromatic carbocycles. The molecule has 0 aliphatic heterocycles. The number of alkyl halides is 3. The van der Waals surface area contributed by atoms with Crippen molar-refractivity contribution in [2.75, 3.05) is 5.73 Å². The van der Waals surface area contributed by atoms with E-state index in [2.05, 4.69) is 26.0 Å². The topological polar surface area (TPSA) is 56.7 Å². The van der Waals surface area contributed by atoms with Crippen LogP contribution in [0.4, 0.5) is 18.9 Å². The van der Waals surface area contributed by atoms with Crippen LogP contribution in [0.5, 0.6) is 0 Å². The molecule has 108 valence electrons. The van der Waals surface area contributed by atoms with Crippen molar-refractivity contribution in [1.29, 1.82) is 0 Å². The number of anilines is 1. The third-order valence-electron chi connectivity index (χ3n) is 2.93. The summed E-state index contributed by atoms with van der Waals surface area (Å²) in [5, 5.41) is 4.73. The van der Waals surface area contributed by atoms with E-state index in [4.69, 9.17) is 5.73 Å². The monoisotopic (exact) mass is 356 g/mol. The Hall–Kier alpha value is -2.09. The summed E-state index contributed by atoms with van der Waals surface area (Å²) in [7, 11) is 0. The molecule has 0 fully saturated rings. The highest BCUT2D eigenvalue weighted by Gasteiger charge is 2.32. The molecule has 0 spiro atoms. The van der Waals surface area contributed by atoms with Crippen LogP contribution in [0, 0.1) is 0 Å². The van der Waals surface area contributed by atoms with Gasteiger partial charge in [0.2, 0.25) is 0 Å². The average Bonchev–Trinajstić information content (AvgIpc) is 2.82. The summed E-state index contributed by atoms with van der Waals surface area (Å²) >= 11 is 3.30. The number of rotatable bonds is 1. The molecule has 2 aromatic heterocycles. The number of nitrogen functional groups attached to an aromatic ring is 1. The third kappa shape index (κ3) is 2.46. The largest absolute Gasteiger partial charge is 0.433 e. The van der Waals surface area contributed by atoms with Crippen molar-refractivity contribution in [3.63, 3.8) is 0 Å². The first kappa shape index (κ1) is 13.9. The highest BCUT2D eigenvalue weighted by Crippen LogP contribution is 2.30. The van der Waals surface area contributed by atoms with Crippen molar-refractivity contribution in [3.05, 3.63) is 46.7 Å². The van der Waals surface area contributed by atoms with Crippen LogP contribution in [0.15, 0.2) is 41.0 Å². The molecular weight excluding hydrogens is 349 g/mol. The lowest BCUT2D eigenvalue weighted by Crippen LogP contribution is -2.10. The molecule has 2 N–H and O–H groups in total. The zero-order chi connectivity index (χ0) is 15.2. The van der Waals surface area contributed by atoms with Gasteiger partial charge in [0, 0.05) is 15.5 Å². The second-order valence-electron chi connectivity index (χ2n) is 4.36. The van der Waals surface area contributed by atoms with Crippen LogP contribution in [-0.2, 0) is 6.18 Å². The molecule has 0 radical (unpaired) electrons. The van der Waals surface area contributed by atoms with E-state index < -0.39 is 11.9 Å². The molecule has 8 heteroatoms. The van der Waals surface area contributed by atoms with Gasteiger partial charge in [-0.25, -0.2) is 9.67 Å². The van der Waals surface area contributed by atoms with Gasteiger partial charge in [0.15, 0.2) is 5.82 Å². The first-order valence-electron chi connectivity index (χ1n) is 5.83. The maximum atomic E-state index is 12.7. The van der Waals surface area contributed by atoms with Crippen LogP contribution < -0.4 is 5.73 Å². The molecule has 2 heterocycles. The van der Waals surface area contributed by atoms with E-state index in [1.54, 1.807) is 12.1 Å². The Kier molecular flexibility index (Phi) is 3.12. The van der Waals surface area contributed by atoms with Crippen LogP contribution in [0.1, 0.15) is 5.69 Å². The van der Waals surface area contributed by atoms with Crippen LogP contribution >= 0.6 is 15.9 Å². The van der Waals surface area contributed by atoms with Crippen molar-refractivity contribution in [2.45, 2.75) is 6.18 Å². The lowest BCUT2D eigenvalue weighted by Gasteiger charge is -2.08. The molecule has 0 atom stereocenters. The number of benzene rings is 1. The average molecular weight is 357 g/mol. The minimum Gasteiger partial charge on any atom is -0.398 e. The standard InChI is InChI=1S/C13H8BrF3N4/c14-7-4-9(18)8-6-19-21(10(8)5-7)12-3-1-2-11(20-12)13(15,16)17/h1-6H,18H2. The Bertz CT molecular complexity index is 826. The minimum absolute atomic E-state index is 0.0809. The number of fused-ring (bicyclic) bond motifs is 1. The number of nitrogens with zero attached hydrogens (tertiary/aromatic N) is 3. The molecule has 3 aromatic rings. The number of pyridine rings is 1. The summed E-state index contributed by atoms with van der Waals surface area (Å²) < 4.78 is 40.2. The normalized spacial score (nSPS) is 12.0. The predicted octanol–water partition coefficient (Wildman–Crippen LogP) is 3.78. The number of nitrogens with two attached hydrogens (primary N) is 1. The first-order chi connectivity index (χ1) is 9.86. The van der Waals surface area contributed by atoms with E-state index in [-0.39, 0.29) is 5.82 Å². The van der Waals surface area contributed by atoms with Gasteiger partial charge in [-0.1, -0.05) is 22.0 Å². The molecular formula is C13H8BrF3N4. The van der Waals surface area contributed by atoms with E-state index in [0.29, 0.717) is 21.1 Å². The second kappa shape index (κ2) is 4.73. The number of halogens is 4. The van der Waals surface area contributed by atoms with Gasteiger partial charge < -0.3 is 5.73 Å². The summed E-state index contributed by atoms with van der Waals surface area (Å²) in [6.45, 7) is 0. The molecule has 21 heavy (non-hydrogen) atoms. The van der Waals surface area contributed by atoms with Gasteiger partial charge in [0.1, 0.15) is 5.69 Å². The fourth-order valence-electron chi connectivity index (χ4n) is 2.00. The van der Waals surface area contributed by atoms with Crippen LogP contribution in [0.2, 0.25) is 0 Å². The maximum absolute atomic E-state index is 12.7. The molecule has 0 aliphatic rings. The van der Waals surface area contributed by atoms with Crippen molar-refractivity contribution in [3.8, 4) is 5.82 Å². The quantitative estimate of drug-likeness (QED) is 0.675. The van der Waals surface area contributed by atoms with Crippen LogP contribution in [0.3, 0.4) is 0 Å². The molecule has 0 bridgehead atoms. The zero-order valence-corrected chi connectivity index (χ0v) is 12.0. The number of hydrogen-bond donors (Lipinski definition) is 1. The molecule has 0 aliphatic carbocycles. The highest BCUT2D eigenvalue weighted by molar-refractivity contribution is 9.10. The van der Waals surface area contributed by atoms with Gasteiger partial charge in [0.05, 0.1) is 11.7 Å². The smallest absolute Gasteiger partial charge is 0.398 e. The van der Waals surface area contributed by atoms with Crippen LogP contribution in [-0.4, -0.2) is 14.8 Å². The predicted molar refractivity (Wildman–Crippen MR) is 76.0 cm³/mol. The first-order valence-corrected chi connectivity index (χ1v) is 6.63. The SMILES string of the molecule is Nc1cc(Br)cc2c1cnn2-c1cccc(C(F)(F)F)n1. The summed E-state index contributed by atoms with van der Waals surface area (Å²) in [5.41, 5.74) is 5.96. The molecule has 0 saturated carbocycles. The van der Waals surface area contributed by atoms with E-state index in [0.717, 1.165) is 6.07 Å². The second-order valence-corrected chi connectivity index (χ2v) is 5.28. The van der Waals surface area contributed by atoms with Gasteiger partial charge in [-0.15, -0.1) is 0 Å². The Balaban J connectivity index is 2.22. The summed E-state index contributed by atoms with van der Waals surface area (Å²) in [5.74, 6) is 0.0809. The van der Waals surface area contributed by atoms with Crippen molar-refractivity contribution in [1.82, 2.24) is 14.8 Å². The van der Waals surface area contributed by atoms with E-state index in [1.807, 2.05) is 0 Å². The van der Waals surface area contributed by atoms with E-state index in [9.17, 15) is 13.2 Å². The van der Waals surface area contributed by atoms with E-state index >= 15 is 0 Å². The van der Waals surface area contributed by atoms with Crippen molar-refractivity contribution in [2.24, 2.45) is 0 Å². The number of hydrogen-bond acceptors (Lipinski definition) is 3. The maximum Gasteiger partial charge on any atom is 0.433 e. The van der Waals surface area contributed by atoms with E-state index in [1.165, 1.54) is 23.0 Å².